The van der Waals surface area contributed by atoms with E-state index in [9.17, 15) is 0 Å². The topological polar surface area (TPSA) is 84.0 Å². The first-order valence-electron chi connectivity index (χ1n) is 11.7. The summed E-state index contributed by atoms with van der Waals surface area (Å²) in [6.07, 6.45) is 3.14. The minimum atomic E-state index is 0.383. The van der Waals surface area contributed by atoms with Crippen molar-refractivity contribution < 1.29 is 14.2 Å². The van der Waals surface area contributed by atoms with E-state index >= 15 is 0 Å². The Bertz CT molecular complexity index is 986. The lowest BCUT2D eigenvalue weighted by molar-refractivity contribution is 0.0317. The van der Waals surface area contributed by atoms with Crippen LogP contribution in [0.15, 0.2) is 30.3 Å². The molecule has 5 rings (SSSR count). The molecule has 9 heteroatoms. The summed E-state index contributed by atoms with van der Waals surface area (Å²) >= 11 is 0. The quantitative estimate of drug-likeness (QED) is 0.583. The summed E-state index contributed by atoms with van der Waals surface area (Å²) in [5.74, 6) is 1.52. The van der Waals surface area contributed by atoms with Crippen LogP contribution in [0.3, 0.4) is 0 Å². The summed E-state index contributed by atoms with van der Waals surface area (Å²) in [7, 11) is 0. The van der Waals surface area contributed by atoms with Gasteiger partial charge in [-0.15, -0.1) is 0 Å². The van der Waals surface area contributed by atoms with Crippen molar-refractivity contribution in [2.24, 2.45) is 0 Å². The molecule has 3 aliphatic rings. The number of ether oxygens (including phenoxy) is 3. The molecule has 2 aromatic rings. The molecule has 1 aliphatic carbocycles. The lowest BCUT2D eigenvalue weighted by Gasteiger charge is -2.28. The first kappa shape index (κ1) is 21.9. The lowest BCUT2D eigenvalue weighted by atomic mass is 10.0. The molecule has 0 spiro atoms. The maximum Gasteiger partial charge on any atom is 0.320 e. The number of benzene rings is 1. The van der Waals surface area contributed by atoms with Crippen LogP contribution in [0.25, 0.3) is 5.70 Å². The van der Waals surface area contributed by atoms with Crippen LogP contribution in [0.4, 0.5) is 11.6 Å². The first-order valence-corrected chi connectivity index (χ1v) is 11.7. The molecule has 33 heavy (non-hydrogen) atoms. The highest BCUT2D eigenvalue weighted by Gasteiger charge is 2.18. The van der Waals surface area contributed by atoms with Crippen LogP contribution in [0.5, 0.6) is 6.01 Å². The molecule has 0 unspecified atom stereocenters. The number of allylic oxidation sites excluding steroid dienone is 1. The van der Waals surface area contributed by atoms with Crippen molar-refractivity contribution in [2.75, 3.05) is 76.1 Å². The molecule has 9 nitrogen and oxygen atoms in total. The van der Waals surface area contributed by atoms with E-state index < -0.39 is 0 Å². The van der Waals surface area contributed by atoms with E-state index in [1.807, 2.05) is 6.07 Å². The highest BCUT2D eigenvalue weighted by Crippen LogP contribution is 2.28. The van der Waals surface area contributed by atoms with Crippen LogP contribution >= 0.6 is 0 Å². The van der Waals surface area contributed by atoms with Gasteiger partial charge in [0.25, 0.3) is 0 Å². The van der Waals surface area contributed by atoms with Gasteiger partial charge in [-0.1, -0.05) is 24.3 Å². The van der Waals surface area contributed by atoms with Crippen LogP contribution in [-0.2, 0) is 15.9 Å². The molecule has 0 bridgehead atoms. The minimum Gasteiger partial charge on any atom is -0.462 e. The second-order valence-electron chi connectivity index (χ2n) is 8.47. The first-order chi connectivity index (χ1) is 16.3. The average Bonchev–Trinajstić information content (AvgIpc) is 3.28. The minimum absolute atomic E-state index is 0.383. The maximum absolute atomic E-state index is 5.98. The largest absolute Gasteiger partial charge is 0.462 e. The van der Waals surface area contributed by atoms with E-state index in [0.717, 1.165) is 63.9 Å². The number of aryl methyl sites for hydroxylation is 1. The maximum atomic E-state index is 5.98. The fourth-order valence-electron chi connectivity index (χ4n) is 4.38. The zero-order chi connectivity index (χ0) is 22.5. The molecule has 1 aromatic heterocycles. The Labute approximate surface area is 194 Å². The molecule has 2 N–H and O–H groups in total. The summed E-state index contributed by atoms with van der Waals surface area (Å²) in [5, 5.41) is 0. The normalized spacial score (nSPS) is 18.6. The van der Waals surface area contributed by atoms with Crippen LogP contribution < -0.4 is 20.5 Å². The third kappa shape index (κ3) is 5.38. The van der Waals surface area contributed by atoms with Crippen LogP contribution in [0.2, 0.25) is 0 Å². The number of rotatable bonds is 8. The highest BCUT2D eigenvalue weighted by atomic mass is 16.5. The summed E-state index contributed by atoms with van der Waals surface area (Å²) in [6, 6.07) is 8.74. The van der Waals surface area contributed by atoms with Gasteiger partial charge in [0.2, 0.25) is 0 Å². The number of morpholine rings is 2. The Kier molecular flexibility index (Phi) is 6.89. The second-order valence-corrected chi connectivity index (χ2v) is 8.47. The summed E-state index contributed by atoms with van der Waals surface area (Å²) in [6.45, 7) is 9.95. The van der Waals surface area contributed by atoms with E-state index in [4.69, 9.17) is 14.2 Å². The number of hydrazine groups is 1. The fourth-order valence-corrected chi connectivity index (χ4v) is 4.38. The molecule has 0 radical (unpaired) electrons. The number of nitrogens with one attached hydrogen (secondary N) is 2. The van der Waals surface area contributed by atoms with Crippen molar-refractivity contribution in [1.29, 1.82) is 0 Å². The van der Waals surface area contributed by atoms with E-state index in [0.29, 0.717) is 31.6 Å². The third-order valence-corrected chi connectivity index (χ3v) is 6.31. The van der Waals surface area contributed by atoms with Gasteiger partial charge in [0.05, 0.1) is 32.1 Å². The van der Waals surface area contributed by atoms with Gasteiger partial charge >= 0.3 is 6.01 Å². The number of hydrogen-bond acceptors (Lipinski definition) is 9. The Morgan fingerprint density at radius 2 is 1.79 bits per heavy atom. The number of fused-ring (bicyclic) bond motifs is 1. The van der Waals surface area contributed by atoms with Gasteiger partial charge in [0.1, 0.15) is 12.4 Å². The van der Waals surface area contributed by atoms with Gasteiger partial charge in [-0.05, 0) is 24.5 Å². The van der Waals surface area contributed by atoms with E-state index in [2.05, 4.69) is 61.8 Å². The zero-order valence-electron chi connectivity index (χ0n) is 19.2. The Morgan fingerprint density at radius 1 is 1.00 bits per heavy atom. The van der Waals surface area contributed by atoms with E-state index in [1.165, 1.54) is 16.7 Å². The predicted octanol–water partition coefficient (Wildman–Crippen LogP) is 1.85. The monoisotopic (exact) mass is 452 g/mol. The number of anilines is 2. The van der Waals surface area contributed by atoms with Crippen molar-refractivity contribution >= 4 is 17.3 Å². The molecular weight excluding hydrogens is 420 g/mol. The predicted molar refractivity (Wildman–Crippen MR) is 127 cm³/mol. The number of aromatic nitrogens is 2. The van der Waals surface area contributed by atoms with Crippen LogP contribution in [0.1, 0.15) is 16.7 Å². The zero-order valence-corrected chi connectivity index (χ0v) is 19.2. The molecule has 0 saturated carbocycles. The molecule has 0 amide bonds. The Hall–Kier alpha value is -2.88. The second kappa shape index (κ2) is 10.4. The van der Waals surface area contributed by atoms with Gasteiger partial charge in [-0.2, -0.15) is 9.97 Å². The van der Waals surface area contributed by atoms with Crippen LogP contribution in [0, 0.1) is 6.92 Å². The van der Waals surface area contributed by atoms with Gasteiger partial charge in [0.15, 0.2) is 5.82 Å². The SMILES string of the molecule is Cc1cccc2c1CC=C2NNc1cc(N2CCOCC2)nc(OCCN2CCOCC2)n1. The third-order valence-electron chi connectivity index (χ3n) is 6.31. The molecular formula is C24H32N6O3. The summed E-state index contributed by atoms with van der Waals surface area (Å²) < 4.78 is 16.9. The molecule has 1 aromatic carbocycles. The van der Waals surface area contributed by atoms with Crippen molar-refractivity contribution in [3.63, 3.8) is 0 Å². The Balaban J connectivity index is 1.27. The lowest BCUT2D eigenvalue weighted by Crippen LogP contribution is -2.39. The molecule has 3 heterocycles. The fraction of sp³-hybridized carbons (Fsp3) is 0.500. The van der Waals surface area contributed by atoms with Crippen LogP contribution in [-0.4, -0.2) is 80.6 Å². The summed E-state index contributed by atoms with van der Waals surface area (Å²) in [5.41, 5.74) is 11.6. The smallest absolute Gasteiger partial charge is 0.320 e. The molecule has 2 fully saturated rings. The number of hydrogen-bond donors (Lipinski definition) is 2. The average molecular weight is 453 g/mol. The van der Waals surface area contributed by atoms with Crippen molar-refractivity contribution in [1.82, 2.24) is 20.3 Å². The van der Waals surface area contributed by atoms with Gasteiger partial charge in [0, 0.05) is 44.4 Å². The molecule has 2 aliphatic heterocycles. The van der Waals surface area contributed by atoms with Gasteiger partial charge in [-0.3, -0.25) is 15.8 Å². The van der Waals surface area contributed by atoms with Crippen molar-refractivity contribution in [3.8, 4) is 6.01 Å². The molecule has 176 valence electrons. The van der Waals surface area contributed by atoms with Crippen molar-refractivity contribution in [2.45, 2.75) is 13.3 Å². The molecule has 2 saturated heterocycles. The standard InChI is InChI=1S/C24H32N6O3/c1-18-3-2-4-20-19(18)5-6-21(20)27-28-22-17-23(30-10-14-32-15-11-30)26-24(25-22)33-16-9-29-7-12-31-13-8-29/h2-4,6,17,27H,5,7-16H2,1H3,(H,25,26,28). The van der Waals surface area contributed by atoms with E-state index in [1.54, 1.807) is 0 Å². The highest BCUT2D eigenvalue weighted by molar-refractivity contribution is 5.73. The van der Waals surface area contributed by atoms with Gasteiger partial charge < -0.3 is 19.1 Å². The van der Waals surface area contributed by atoms with E-state index in [-0.39, 0.29) is 0 Å². The number of nitrogens with zero attached hydrogens (tertiary/aromatic N) is 4. The Morgan fingerprint density at radius 3 is 2.61 bits per heavy atom. The summed E-state index contributed by atoms with van der Waals surface area (Å²) in [4.78, 5) is 13.8. The van der Waals surface area contributed by atoms with Crippen molar-refractivity contribution in [3.05, 3.63) is 47.0 Å². The van der Waals surface area contributed by atoms with Gasteiger partial charge in [-0.25, -0.2) is 0 Å². The molecule has 0 atom stereocenters.